The van der Waals surface area contributed by atoms with E-state index in [-0.39, 0.29) is 16.8 Å². The Morgan fingerprint density at radius 1 is 1.38 bits per heavy atom. The normalized spacial score (nSPS) is 41.5. The van der Waals surface area contributed by atoms with Crippen molar-refractivity contribution in [1.29, 1.82) is 0 Å². The third-order valence-electron chi connectivity index (χ3n) is 3.77. The van der Waals surface area contributed by atoms with Crippen molar-refractivity contribution in [2.24, 2.45) is 10.8 Å². The number of rotatable bonds is 1. The maximum absolute atomic E-state index is 11.6. The Kier molecular flexibility index (Phi) is 1.66. The van der Waals surface area contributed by atoms with Crippen LogP contribution < -0.4 is 0 Å². The van der Waals surface area contributed by atoms with Crippen LogP contribution in [0.2, 0.25) is 0 Å². The summed E-state index contributed by atoms with van der Waals surface area (Å²) in [7, 11) is 1.46. The summed E-state index contributed by atoms with van der Waals surface area (Å²) in [6, 6.07) is 0. The molecule has 0 heterocycles. The fourth-order valence-electron chi connectivity index (χ4n) is 2.90. The molecule has 2 rings (SSSR count). The molecule has 0 N–H and O–H groups in total. The van der Waals surface area contributed by atoms with Crippen LogP contribution in [0.5, 0.6) is 0 Å². The van der Waals surface area contributed by atoms with E-state index in [0.29, 0.717) is 0 Å². The molecule has 0 radical (unpaired) electrons. The molecule has 2 aliphatic carbocycles. The van der Waals surface area contributed by atoms with Crippen LogP contribution in [0.4, 0.5) is 0 Å². The van der Waals surface area contributed by atoms with E-state index in [4.69, 9.17) is 11.2 Å². The topological polar surface area (TPSA) is 26.3 Å². The molecule has 70 valence electrons. The molecule has 0 unspecified atom stereocenters. The Labute approximate surface area is 78.7 Å². The minimum Gasteiger partial charge on any atom is -0.469 e. The summed E-state index contributed by atoms with van der Waals surface area (Å²) in [4.78, 5) is 11.6. The number of ether oxygens (including phenoxy) is 1. The van der Waals surface area contributed by atoms with Crippen LogP contribution >= 0.6 is 0 Å². The summed E-state index contributed by atoms with van der Waals surface area (Å²) in [5.41, 5.74) is -0.199. The van der Waals surface area contributed by atoms with Crippen LogP contribution in [0.15, 0.2) is 0 Å². The van der Waals surface area contributed by atoms with Crippen molar-refractivity contribution < 1.29 is 9.53 Å². The summed E-state index contributed by atoms with van der Waals surface area (Å²) in [6.45, 7) is 0. The van der Waals surface area contributed by atoms with Crippen molar-refractivity contribution in [3.63, 3.8) is 0 Å². The molecular formula is C11H14O2. The fraction of sp³-hybridized carbons (Fsp3) is 0.727. The number of carbonyl (C=O) groups excluding carboxylic acids is 1. The van der Waals surface area contributed by atoms with Gasteiger partial charge in [-0.2, -0.15) is 0 Å². The molecule has 0 aromatic heterocycles. The van der Waals surface area contributed by atoms with Crippen molar-refractivity contribution in [2.75, 3.05) is 7.11 Å². The van der Waals surface area contributed by atoms with Gasteiger partial charge in [0.05, 0.1) is 12.5 Å². The first-order chi connectivity index (χ1) is 6.16. The van der Waals surface area contributed by atoms with E-state index in [1.165, 1.54) is 7.11 Å². The number of hydrogen-bond acceptors (Lipinski definition) is 2. The Balaban J connectivity index is 2.24. The SMILES string of the molecule is C#CC12CCC(C(=O)OC)(CC1)C2. The van der Waals surface area contributed by atoms with Crippen LogP contribution in [0, 0.1) is 23.2 Å². The molecule has 0 saturated heterocycles. The highest BCUT2D eigenvalue weighted by Gasteiger charge is 2.58. The molecule has 0 aromatic carbocycles. The molecule has 2 saturated carbocycles. The zero-order valence-corrected chi connectivity index (χ0v) is 7.93. The van der Waals surface area contributed by atoms with Crippen LogP contribution in [0.1, 0.15) is 32.1 Å². The monoisotopic (exact) mass is 178 g/mol. The zero-order chi connectivity index (χ0) is 9.53. The molecule has 2 nitrogen and oxygen atoms in total. The maximum atomic E-state index is 11.6. The van der Waals surface area contributed by atoms with Gasteiger partial charge >= 0.3 is 5.97 Å². The third-order valence-corrected chi connectivity index (χ3v) is 3.77. The summed E-state index contributed by atoms with van der Waals surface area (Å²) < 4.78 is 4.84. The van der Waals surface area contributed by atoms with E-state index in [9.17, 15) is 4.79 Å². The second-order valence-corrected chi connectivity index (χ2v) is 4.37. The smallest absolute Gasteiger partial charge is 0.311 e. The van der Waals surface area contributed by atoms with E-state index in [1.807, 2.05) is 0 Å². The second kappa shape index (κ2) is 2.51. The first-order valence-electron chi connectivity index (χ1n) is 4.73. The Bertz CT molecular complexity index is 277. The van der Waals surface area contributed by atoms with Crippen LogP contribution in [0.3, 0.4) is 0 Å². The van der Waals surface area contributed by atoms with E-state index in [2.05, 4.69) is 5.92 Å². The minimum atomic E-state index is -0.221. The van der Waals surface area contributed by atoms with Crippen molar-refractivity contribution in [3.05, 3.63) is 0 Å². The quantitative estimate of drug-likeness (QED) is 0.451. The predicted octanol–water partition coefficient (Wildman–Crippen LogP) is 1.74. The first-order valence-corrected chi connectivity index (χ1v) is 4.73. The third kappa shape index (κ3) is 0.997. The van der Waals surface area contributed by atoms with Crippen LogP contribution in [-0.2, 0) is 9.53 Å². The lowest BCUT2D eigenvalue weighted by molar-refractivity contribution is -0.152. The van der Waals surface area contributed by atoms with Crippen molar-refractivity contribution >= 4 is 5.97 Å². The predicted molar refractivity (Wildman–Crippen MR) is 48.8 cm³/mol. The highest BCUT2D eigenvalue weighted by atomic mass is 16.5. The Morgan fingerprint density at radius 2 is 2.00 bits per heavy atom. The first kappa shape index (κ1) is 8.62. The van der Waals surface area contributed by atoms with Gasteiger partial charge in [0.2, 0.25) is 0 Å². The number of methoxy groups -OCH3 is 1. The van der Waals surface area contributed by atoms with Gasteiger partial charge < -0.3 is 4.74 Å². The Hall–Kier alpha value is -0.970. The molecule has 13 heavy (non-hydrogen) atoms. The Morgan fingerprint density at radius 3 is 2.38 bits per heavy atom. The number of esters is 1. The highest BCUT2D eigenvalue weighted by molar-refractivity contribution is 5.78. The molecule has 2 bridgehead atoms. The summed E-state index contributed by atoms with van der Waals surface area (Å²) in [5.74, 6) is 2.81. The van der Waals surface area contributed by atoms with Gasteiger partial charge in [0.25, 0.3) is 0 Å². The summed E-state index contributed by atoms with van der Waals surface area (Å²) in [5, 5.41) is 0. The molecule has 0 aliphatic heterocycles. The lowest BCUT2D eigenvalue weighted by Crippen LogP contribution is -2.27. The molecule has 2 heteroatoms. The number of terminal acetylenes is 1. The second-order valence-electron chi connectivity index (χ2n) is 4.37. The fourth-order valence-corrected chi connectivity index (χ4v) is 2.90. The van der Waals surface area contributed by atoms with Gasteiger partial charge in [0.15, 0.2) is 0 Å². The number of hydrogen-bond donors (Lipinski definition) is 0. The van der Waals surface area contributed by atoms with Gasteiger partial charge in [0.1, 0.15) is 0 Å². The molecule has 0 aromatic rings. The lowest BCUT2D eigenvalue weighted by atomic mass is 9.82. The minimum absolute atomic E-state index is 0.0220. The average molecular weight is 178 g/mol. The van der Waals surface area contributed by atoms with Crippen molar-refractivity contribution in [1.82, 2.24) is 0 Å². The molecule has 0 atom stereocenters. The molecule has 2 fully saturated rings. The van der Waals surface area contributed by atoms with Crippen LogP contribution in [-0.4, -0.2) is 13.1 Å². The molecule has 0 spiro atoms. The van der Waals surface area contributed by atoms with Gasteiger partial charge in [-0.1, -0.05) is 5.92 Å². The van der Waals surface area contributed by atoms with Gasteiger partial charge in [-0.05, 0) is 32.1 Å². The van der Waals surface area contributed by atoms with Gasteiger partial charge in [-0.25, -0.2) is 0 Å². The van der Waals surface area contributed by atoms with E-state index in [1.54, 1.807) is 0 Å². The number of carbonyl (C=O) groups is 1. The lowest BCUT2D eigenvalue weighted by Gasteiger charge is -2.23. The highest BCUT2D eigenvalue weighted by Crippen LogP contribution is 2.61. The molecular weight excluding hydrogens is 164 g/mol. The van der Waals surface area contributed by atoms with Gasteiger partial charge in [-0.15, -0.1) is 6.42 Å². The molecule has 2 aliphatic rings. The summed E-state index contributed by atoms with van der Waals surface area (Å²) in [6.07, 6.45) is 10.2. The van der Waals surface area contributed by atoms with Gasteiger partial charge in [0, 0.05) is 5.41 Å². The van der Waals surface area contributed by atoms with E-state index < -0.39 is 0 Å². The van der Waals surface area contributed by atoms with Gasteiger partial charge in [-0.3, -0.25) is 4.79 Å². The molecule has 0 amide bonds. The number of fused-ring (bicyclic) bond motifs is 2. The standard InChI is InChI=1S/C11H14O2/c1-3-10-4-6-11(8-10,7-5-10)9(12)13-2/h1H,4-8H2,2H3. The van der Waals surface area contributed by atoms with Crippen molar-refractivity contribution in [3.8, 4) is 12.3 Å². The summed E-state index contributed by atoms with van der Waals surface area (Å²) >= 11 is 0. The van der Waals surface area contributed by atoms with E-state index >= 15 is 0 Å². The zero-order valence-electron chi connectivity index (χ0n) is 7.93. The average Bonchev–Trinajstić information content (AvgIpc) is 2.74. The van der Waals surface area contributed by atoms with Crippen molar-refractivity contribution in [2.45, 2.75) is 32.1 Å². The van der Waals surface area contributed by atoms with Crippen LogP contribution in [0.25, 0.3) is 0 Å². The maximum Gasteiger partial charge on any atom is 0.311 e. The van der Waals surface area contributed by atoms with E-state index in [0.717, 1.165) is 32.1 Å². The largest absolute Gasteiger partial charge is 0.469 e.